The summed E-state index contributed by atoms with van der Waals surface area (Å²) in [6.07, 6.45) is 1.57. The summed E-state index contributed by atoms with van der Waals surface area (Å²) in [6, 6.07) is 5.24. The summed E-state index contributed by atoms with van der Waals surface area (Å²) in [7, 11) is 1.62. The first-order chi connectivity index (χ1) is 10.7. The summed E-state index contributed by atoms with van der Waals surface area (Å²) in [4.78, 5) is 14.2. The number of hydrogen-bond acceptors (Lipinski definition) is 5. The van der Waals surface area contributed by atoms with Crippen molar-refractivity contribution in [3.8, 4) is 11.5 Å². The van der Waals surface area contributed by atoms with E-state index in [0.29, 0.717) is 26.1 Å². The zero-order valence-electron chi connectivity index (χ0n) is 13.6. The van der Waals surface area contributed by atoms with Gasteiger partial charge in [0.1, 0.15) is 0 Å². The molecule has 23 heavy (non-hydrogen) atoms. The van der Waals surface area contributed by atoms with E-state index in [4.69, 9.17) is 19.9 Å². The van der Waals surface area contributed by atoms with Gasteiger partial charge in [-0.3, -0.25) is 4.79 Å². The van der Waals surface area contributed by atoms with Gasteiger partial charge in [-0.2, -0.15) is 0 Å². The monoisotopic (exact) mass is 344 g/mol. The molecule has 0 aromatic heterocycles. The summed E-state index contributed by atoms with van der Waals surface area (Å²) >= 11 is 0. The minimum Gasteiger partial charge on any atom is -0.454 e. The van der Waals surface area contributed by atoms with Crippen molar-refractivity contribution in [1.82, 2.24) is 4.90 Å². The Kier molecular flexibility index (Phi) is 8.16. The average Bonchev–Trinajstić information content (AvgIpc) is 2.98. The van der Waals surface area contributed by atoms with Gasteiger partial charge >= 0.3 is 0 Å². The molecule has 6 nitrogen and oxygen atoms in total. The van der Waals surface area contributed by atoms with E-state index in [2.05, 4.69) is 0 Å². The number of nitrogens with zero attached hydrogens (tertiary/aromatic N) is 1. The van der Waals surface area contributed by atoms with Crippen LogP contribution in [0.4, 0.5) is 0 Å². The third-order valence-electron chi connectivity index (χ3n) is 3.60. The fourth-order valence-electron chi connectivity index (χ4n) is 2.40. The van der Waals surface area contributed by atoms with E-state index in [1.165, 1.54) is 0 Å². The lowest BCUT2D eigenvalue weighted by Crippen LogP contribution is -2.44. The van der Waals surface area contributed by atoms with Crippen molar-refractivity contribution >= 4 is 18.3 Å². The lowest BCUT2D eigenvalue weighted by atomic mass is 10.1. The molecule has 130 valence electrons. The Morgan fingerprint density at radius 3 is 2.83 bits per heavy atom. The van der Waals surface area contributed by atoms with Crippen molar-refractivity contribution in [2.75, 3.05) is 27.1 Å². The van der Waals surface area contributed by atoms with Crippen LogP contribution in [0.5, 0.6) is 11.5 Å². The van der Waals surface area contributed by atoms with E-state index in [1.54, 1.807) is 12.0 Å². The van der Waals surface area contributed by atoms with E-state index in [1.807, 2.05) is 25.1 Å². The Morgan fingerprint density at radius 1 is 1.39 bits per heavy atom. The fourth-order valence-corrected chi connectivity index (χ4v) is 2.40. The molecule has 0 radical (unpaired) electrons. The molecule has 0 bridgehead atoms. The first-order valence-corrected chi connectivity index (χ1v) is 7.57. The van der Waals surface area contributed by atoms with Crippen LogP contribution in [0, 0.1) is 0 Å². The fraction of sp³-hybridized carbons (Fsp3) is 0.562. The molecule has 0 fully saturated rings. The maximum Gasteiger partial charge on any atom is 0.239 e. The number of halogens is 1. The second-order valence-electron chi connectivity index (χ2n) is 5.34. The van der Waals surface area contributed by atoms with Gasteiger partial charge in [-0.15, -0.1) is 12.4 Å². The summed E-state index contributed by atoms with van der Waals surface area (Å²) < 4.78 is 15.8. The van der Waals surface area contributed by atoms with Gasteiger partial charge in [0.05, 0.1) is 12.6 Å². The third kappa shape index (κ3) is 5.27. The molecule has 2 rings (SSSR count). The average molecular weight is 345 g/mol. The summed E-state index contributed by atoms with van der Waals surface area (Å²) in [5, 5.41) is 0. The molecular formula is C16H25ClN2O4. The van der Waals surface area contributed by atoms with Crippen LogP contribution in [-0.4, -0.2) is 43.9 Å². The Morgan fingerprint density at radius 2 is 2.13 bits per heavy atom. The highest BCUT2D eigenvalue weighted by atomic mass is 35.5. The van der Waals surface area contributed by atoms with Crippen molar-refractivity contribution in [1.29, 1.82) is 0 Å². The lowest BCUT2D eigenvalue weighted by molar-refractivity contribution is -0.134. The second kappa shape index (κ2) is 9.60. The van der Waals surface area contributed by atoms with Gasteiger partial charge in [-0.05, 0) is 24.1 Å². The van der Waals surface area contributed by atoms with Crippen LogP contribution in [0.25, 0.3) is 0 Å². The van der Waals surface area contributed by atoms with E-state index in [-0.39, 0.29) is 25.1 Å². The van der Waals surface area contributed by atoms with Gasteiger partial charge in [0, 0.05) is 20.2 Å². The number of hydrogen-bond donors (Lipinski definition) is 1. The van der Waals surface area contributed by atoms with Crippen LogP contribution >= 0.6 is 12.4 Å². The van der Waals surface area contributed by atoms with E-state index >= 15 is 0 Å². The predicted molar refractivity (Wildman–Crippen MR) is 90.0 cm³/mol. The van der Waals surface area contributed by atoms with Crippen LogP contribution in [-0.2, 0) is 16.1 Å². The molecule has 1 heterocycles. The van der Waals surface area contributed by atoms with E-state index in [9.17, 15) is 4.79 Å². The molecule has 2 N–H and O–H groups in total. The first-order valence-electron chi connectivity index (χ1n) is 7.57. The van der Waals surface area contributed by atoms with Crippen molar-refractivity contribution in [2.24, 2.45) is 5.73 Å². The lowest BCUT2D eigenvalue weighted by Gasteiger charge is -2.25. The molecule has 0 saturated heterocycles. The molecule has 0 spiro atoms. The number of rotatable bonds is 8. The molecule has 1 aliphatic heterocycles. The van der Waals surface area contributed by atoms with Crippen molar-refractivity contribution in [3.63, 3.8) is 0 Å². The zero-order valence-corrected chi connectivity index (χ0v) is 14.4. The van der Waals surface area contributed by atoms with Crippen LogP contribution in [0.2, 0.25) is 0 Å². The predicted octanol–water partition coefficient (Wildman–Crippen LogP) is 1.94. The number of carbonyl (C=O) groups is 1. The number of methoxy groups -OCH3 is 1. The molecule has 0 saturated carbocycles. The molecule has 1 unspecified atom stereocenters. The number of nitrogens with two attached hydrogens (primary N) is 1. The molecule has 1 aromatic rings. The van der Waals surface area contributed by atoms with Gasteiger partial charge in [0.25, 0.3) is 0 Å². The molecule has 1 atom stereocenters. The van der Waals surface area contributed by atoms with Gasteiger partial charge in [-0.25, -0.2) is 0 Å². The minimum absolute atomic E-state index is 0. The van der Waals surface area contributed by atoms with Crippen LogP contribution in [0.3, 0.4) is 0 Å². The standard InChI is InChI=1S/C16H24N2O4.ClH/c1-3-4-13(17)16(19)18(7-8-20-2)10-12-5-6-14-15(9-12)22-11-21-14;/h5-6,9,13H,3-4,7-8,10-11,17H2,1-2H3;1H. The van der Waals surface area contributed by atoms with Crippen LogP contribution in [0.1, 0.15) is 25.3 Å². The maximum atomic E-state index is 12.5. The largest absolute Gasteiger partial charge is 0.454 e. The molecule has 1 aromatic carbocycles. The summed E-state index contributed by atoms with van der Waals surface area (Å²) in [5.74, 6) is 1.41. The van der Waals surface area contributed by atoms with Gasteiger partial charge < -0.3 is 24.8 Å². The molecule has 7 heteroatoms. The molecular weight excluding hydrogens is 320 g/mol. The molecule has 1 amide bonds. The quantitative estimate of drug-likeness (QED) is 0.780. The van der Waals surface area contributed by atoms with Crippen LogP contribution < -0.4 is 15.2 Å². The zero-order chi connectivity index (χ0) is 15.9. The van der Waals surface area contributed by atoms with Gasteiger partial charge in [0.2, 0.25) is 12.7 Å². The second-order valence-corrected chi connectivity index (χ2v) is 5.34. The smallest absolute Gasteiger partial charge is 0.239 e. The first kappa shape index (κ1) is 19.5. The number of carbonyl (C=O) groups excluding carboxylic acids is 1. The highest BCUT2D eigenvalue weighted by Crippen LogP contribution is 2.32. The topological polar surface area (TPSA) is 74.0 Å². The highest BCUT2D eigenvalue weighted by Gasteiger charge is 2.21. The van der Waals surface area contributed by atoms with Gasteiger partial charge in [-0.1, -0.05) is 19.4 Å². The SMILES string of the molecule is CCCC(N)C(=O)N(CCOC)Cc1ccc2c(c1)OCO2.Cl. The Hall–Kier alpha value is -1.50. The Bertz CT molecular complexity index is 513. The minimum atomic E-state index is -0.462. The van der Waals surface area contributed by atoms with Crippen molar-refractivity contribution in [3.05, 3.63) is 23.8 Å². The van der Waals surface area contributed by atoms with Gasteiger partial charge in [0.15, 0.2) is 11.5 Å². The summed E-state index contributed by atoms with van der Waals surface area (Å²) in [6.45, 7) is 3.74. The highest BCUT2D eigenvalue weighted by molar-refractivity contribution is 5.85. The van der Waals surface area contributed by atoms with Crippen molar-refractivity contribution < 1.29 is 19.0 Å². The maximum absolute atomic E-state index is 12.5. The number of benzene rings is 1. The van der Waals surface area contributed by atoms with E-state index in [0.717, 1.165) is 23.5 Å². The Balaban J connectivity index is 0.00000264. The number of ether oxygens (including phenoxy) is 3. The number of amides is 1. The number of fused-ring (bicyclic) bond motifs is 1. The Labute approximate surface area is 143 Å². The molecule has 1 aliphatic rings. The molecule has 0 aliphatic carbocycles. The summed E-state index contributed by atoms with van der Waals surface area (Å²) in [5.41, 5.74) is 6.95. The van der Waals surface area contributed by atoms with Crippen LogP contribution in [0.15, 0.2) is 18.2 Å². The normalized spacial score (nSPS) is 13.3. The van der Waals surface area contributed by atoms with Crippen molar-refractivity contribution in [2.45, 2.75) is 32.4 Å². The third-order valence-corrected chi connectivity index (χ3v) is 3.60. The van der Waals surface area contributed by atoms with E-state index < -0.39 is 6.04 Å².